The normalized spacial score (nSPS) is 10.8. The lowest BCUT2D eigenvalue weighted by Crippen LogP contribution is -2.40. The number of hydrogen-bond donors (Lipinski definition) is 0. The van der Waals surface area contributed by atoms with Gasteiger partial charge in [0.15, 0.2) is 17.6 Å². The fourth-order valence-electron chi connectivity index (χ4n) is 2.83. The van der Waals surface area contributed by atoms with E-state index < -0.39 is 6.55 Å². The van der Waals surface area contributed by atoms with Gasteiger partial charge in [0.25, 0.3) is 5.82 Å². The van der Waals surface area contributed by atoms with E-state index in [-0.39, 0.29) is 29.3 Å². The highest BCUT2D eigenvalue weighted by Crippen LogP contribution is 2.21. The van der Waals surface area contributed by atoms with Gasteiger partial charge in [-0.2, -0.15) is 13.3 Å². The predicted octanol–water partition coefficient (Wildman–Crippen LogP) is 4.10. The number of ketones is 1. The molecule has 7 heteroatoms. The van der Waals surface area contributed by atoms with Crippen molar-refractivity contribution in [1.29, 1.82) is 0 Å². The topological polar surface area (TPSA) is 35.1 Å². The highest BCUT2D eigenvalue weighted by atomic mass is 79.9. The zero-order valence-electron chi connectivity index (χ0n) is 13.8. The second-order valence-electron chi connectivity index (χ2n) is 5.42. The fourth-order valence-corrected chi connectivity index (χ4v) is 2.83. The third-order valence-corrected chi connectivity index (χ3v) is 4.08. The summed E-state index contributed by atoms with van der Waals surface area (Å²) >= 11 is 0. The molecule has 4 nitrogen and oxygen atoms in total. The number of ether oxygens (including phenoxy) is 1. The van der Waals surface area contributed by atoms with E-state index in [0.29, 0.717) is 28.2 Å². The molecular formula is C18H18BrF2N2O2+. The average molecular weight is 412 g/mol. The lowest BCUT2D eigenvalue weighted by molar-refractivity contribution is -0.664. The van der Waals surface area contributed by atoms with Gasteiger partial charge in [-0.1, -0.05) is 12.1 Å². The fraction of sp³-hybridized carbons (Fsp3) is 0.222. The molecule has 0 N–H and O–H groups in total. The summed E-state index contributed by atoms with van der Waals surface area (Å²) in [7, 11) is 1.55. The minimum Gasteiger partial charge on any atom is -0.497 e. The zero-order valence-corrected chi connectivity index (χ0v) is 15.5. The van der Waals surface area contributed by atoms with Crippen molar-refractivity contribution in [2.45, 2.75) is 20.0 Å². The van der Waals surface area contributed by atoms with Crippen LogP contribution in [0.15, 0.2) is 48.5 Å². The summed E-state index contributed by atoms with van der Waals surface area (Å²) in [6.07, 6.45) is 0. The quantitative estimate of drug-likeness (QED) is 0.467. The predicted molar refractivity (Wildman–Crippen MR) is 95.8 cm³/mol. The molecule has 0 aliphatic rings. The third kappa shape index (κ3) is 3.56. The number of aromatic nitrogens is 2. The van der Waals surface area contributed by atoms with Crippen LogP contribution in [0.4, 0.5) is 8.78 Å². The standard InChI is InChI=1S/C18H17F2N2O2.BrH/c1-12-21(11-17(23)13-7-9-14(24-2)10-8-13)15-5-3-4-6-16(15)22(12)18(19)20;/h3-10,18H,11H2,1-2H3;1H/q+1;. The first-order valence-electron chi connectivity index (χ1n) is 7.47. The Morgan fingerprint density at radius 3 is 2.40 bits per heavy atom. The first kappa shape index (κ1) is 19.1. The molecule has 0 bridgehead atoms. The highest BCUT2D eigenvalue weighted by molar-refractivity contribution is 8.93. The van der Waals surface area contributed by atoms with Gasteiger partial charge in [0.1, 0.15) is 5.75 Å². The number of imidazole rings is 1. The minimum atomic E-state index is -2.66. The lowest BCUT2D eigenvalue weighted by atomic mass is 10.1. The van der Waals surface area contributed by atoms with Crippen molar-refractivity contribution in [3.8, 4) is 5.75 Å². The second kappa shape index (κ2) is 7.74. The van der Waals surface area contributed by atoms with E-state index in [1.165, 1.54) is 0 Å². The smallest absolute Gasteiger partial charge is 0.387 e. The van der Waals surface area contributed by atoms with Crippen molar-refractivity contribution in [2.75, 3.05) is 7.11 Å². The van der Waals surface area contributed by atoms with Crippen molar-refractivity contribution in [3.63, 3.8) is 0 Å². The summed E-state index contributed by atoms with van der Waals surface area (Å²) in [4.78, 5) is 12.5. The summed E-state index contributed by atoms with van der Waals surface area (Å²) < 4.78 is 34.4. The number of alkyl halides is 2. The van der Waals surface area contributed by atoms with E-state index in [1.54, 1.807) is 67.1 Å². The Bertz CT molecular complexity index is 892. The molecule has 2 aromatic carbocycles. The zero-order chi connectivity index (χ0) is 17.3. The molecule has 0 saturated carbocycles. The van der Waals surface area contributed by atoms with Gasteiger partial charge in [-0.05, 0) is 36.4 Å². The molecule has 132 valence electrons. The van der Waals surface area contributed by atoms with Gasteiger partial charge in [0, 0.05) is 12.5 Å². The van der Waals surface area contributed by atoms with Crippen molar-refractivity contribution in [1.82, 2.24) is 4.57 Å². The first-order valence-corrected chi connectivity index (χ1v) is 7.47. The Morgan fingerprint density at radius 2 is 1.80 bits per heavy atom. The molecule has 25 heavy (non-hydrogen) atoms. The minimum absolute atomic E-state index is 0. The van der Waals surface area contributed by atoms with E-state index in [0.717, 1.165) is 4.57 Å². The van der Waals surface area contributed by atoms with Gasteiger partial charge in [-0.3, -0.25) is 4.79 Å². The van der Waals surface area contributed by atoms with E-state index in [1.807, 2.05) is 0 Å². The van der Waals surface area contributed by atoms with Crippen LogP contribution in [0.5, 0.6) is 5.75 Å². The Balaban J connectivity index is 0.00000225. The van der Waals surface area contributed by atoms with Gasteiger partial charge < -0.3 is 4.74 Å². The summed E-state index contributed by atoms with van der Waals surface area (Å²) in [5.74, 6) is 0.848. The second-order valence-corrected chi connectivity index (χ2v) is 5.42. The van der Waals surface area contributed by atoms with Crippen LogP contribution < -0.4 is 9.30 Å². The molecule has 0 radical (unpaired) electrons. The molecule has 0 spiro atoms. The number of nitrogens with zero attached hydrogens (tertiary/aromatic N) is 2. The molecule has 0 fully saturated rings. The summed E-state index contributed by atoms with van der Waals surface area (Å²) in [6.45, 7) is -1.07. The number of rotatable bonds is 5. The maximum atomic E-state index is 13.4. The number of hydrogen-bond acceptors (Lipinski definition) is 2. The Hall–Kier alpha value is -2.28. The number of fused-ring (bicyclic) bond motifs is 1. The van der Waals surface area contributed by atoms with Gasteiger partial charge in [0.05, 0.1) is 7.11 Å². The highest BCUT2D eigenvalue weighted by Gasteiger charge is 2.28. The van der Waals surface area contributed by atoms with Crippen LogP contribution in [0, 0.1) is 6.92 Å². The Labute approximate surface area is 154 Å². The van der Waals surface area contributed by atoms with Crippen LogP contribution >= 0.6 is 17.0 Å². The van der Waals surface area contributed by atoms with E-state index in [9.17, 15) is 13.6 Å². The van der Waals surface area contributed by atoms with E-state index in [4.69, 9.17) is 4.74 Å². The molecule has 1 aromatic heterocycles. The Morgan fingerprint density at radius 1 is 1.16 bits per heavy atom. The Kier molecular flexibility index (Phi) is 5.89. The monoisotopic (exact) mass is 411 g/mol. The first-order chi connectivity index (χ1) is 11.5. The average Bonchev–Trinajstić information content (AvgIpc) is 2.87. The van der Waals surface area contributed by atoms with E-state index in [2.05, 4.69) is 0 Å². The number of methoxy groups -OCH3 is 1. The molecule has 1 heterocycles. The molecule has 0 saturated heterocycles. The molecular weight excluding hydrogens is 394 g/mol. The van der Waals surface area contributed by atoms with Gasteiger partial charge in [0.2, 0.25) is 5.78 Å². The van der Waals surface area contributed by atoms with Crippen molar-refractivity contribution < 1.29 is 22.9 Å². The lowest BCUT2D eigenvalue weighted by Gasteiger charge is -2.03. The molecule has 0 atom stereocenters. The van der Waals surface area contributed by atoms with Crippen LogP contribution in [0.2, 0.25) is 0 Å². The molecule has 0 amide bonds. The van der Waals surface area contributed by atoms with Crippen LogP contribution in [0.25, 0.3) is 11.0 Å². The van der Waals surface area contributed by atoms with Gasteiger partial charge >= 0.3 is 6.55 Å². The van der Waals surface area contributed by atoms with Crippen LogP contribution in [-0.2, 0) is 6.54 Å². The SMILES string of the molecule is Br.COc1ccc(C(=O)C[n+]2c(C)n(C(F)F)c3ccccc32)cc1. The molecule has 3 aromatic rings. The van der Waals surface area contributed by atoms with E-state index >= 15 is 0 Å². The van der Waals surface area contributed by atoms with Crippen LogP contribution in [0.1, 0.15) is 22.7 Å². The van der Waals surface area contributed by atoms with Gasteiger partial charge in [-0.25, -0.2) is 4.57 Å². The summed E-state index contributed by atoms with van der Waals surface area (Å²) in [6, 6.07) is 13.6. The number of para-hydroxylation sites is 2. The number of carbonyl (C=O) groups excluding carboxylic acids is 1. The molecule has 3 rings (SSSR count). The number of carbonyl (C=O) groups is 1. The summed E-state index contributed by atoms with van der Waals surface area (Å²) in [5, 5.41) is 0. The number of benzene rings is 2. The van der Waals surface area contributed by atoms with Crippen molar-refractivity contribution in [3.05, 3.63) is 59.9 Å². The van der Waals surface area contributed by atoms with Crippen molar-refractivity contribution in [2.24, 2.45) is 0 Å². The summed E-state index contributed by atoms with van der Waals surface area (Å²) in [5.41, 5.74) is 1.53. The number of halogens is 3. The maximum Gasteiger partial charge on any atom is 0.387 e. The molecule has 0 aliphatic heterocycles. The molecule has 0 aliphatic carbocycles. The maximum absolute atomic E-state index is 13.4. The third-order valence-electron chi connectivity index (χ3n) is 4.08. The van der Waals surface area contributed by atoms with Gasteiger partial charge in [-0.15, -0.1) is 17.0 Å². The van der Waals surface area contributed by atoms with Crippen LogP contribution in [0.3, 0.4) is 0 Å². The van der Waals surface area contributed by atoms with Crippen LogP contribution in [-0.4, -0.2) is 17.5 Å². The largest absolute Gasteiger partial charge is 0.497 e. The van der Waals surface area contributed by atoms with Crippen molar-refractivity contribution >= 4 is 33.8 Å². The molecule has 0 unspecified atom stereocenters. The number of Topliss-reactive ketones (excluding diaryl/α,β-unsaturated/α-hetero) is 1.